The maximum Gasteiger partial charge on any atom is 0.326 e. The quantitative estimate of drug-likeness (QED) is 0.771. The number of hydrogen-bond donors (Lipinski definition) is 1. The van der Waals surface area contributed by atoms with Gasteiger partial charge < -0.3 is 9.84 Å². The third kappa shape index (κ3) is 4.46. The van der Waals surface area contributed by atoms with E-state index in [1.54, 1.807) is 14.0 Å². The molecular weight excluding hydrogens is 327 g/mol. The van der Waals surface area contributed by atoms with Crippen molar-refractivity contribution in [2.24, 2.45) is 5.92 Å². The van der Waals surface area contributed by atoms with Gasteiger partial charge >= 0.3 is 5.97 Å². The van der Waals surface area contributed by atoms with Gasteiger partial charge in [-0.1, -0.05) is 13.8 Å². The largest absolute Gasteiger partial charge is 0.480 e. The third-order valence-corrected chi connectivity index (χ3v) is 4.80. The highest BCUT2D eigenvalue weighted by molar-refractivity contribution is 5.71. The van der Waals surface area contributed by atoms with Crippen LogP contribution in [0.1, 0.15) is 37.4 Å². The molecule has 1 fully saturated rings. The summed E-state index contributed by atoms with van der Waals surface area (Å²) >= 11 is 0. The van der Waals surface area contributed by atoms with Crippen molar-refractivity contribution >= 4 is 5.97 Å². The van der Waals surface area contributed by atoms with Crippen molar-refractivity contribution in [2.45, 2.75) is 45.8 Å². The molecule has 2 rings (SSSR count). The maximum atomic E-state index is 14.4. The number of aromatic nitrogens is 1. The first-order chi connectivity index (χ1) is 11.7. The Morgan fingerprint density at radius 3 is 2.60 bits per heavy atom. The van der Waals surface area contributed by atoms with E-state index in [1.807, 2.05) is 13.8 Å². The van der Waals surface area contributed by atoms with Crippen molar-refractivity contribution < 1.29 is 19.0 Å². The molecular formula is C18H27FN2O4. The fourth-order valence-corrected chi connectivity index (χ4v) is 3.13. The van der Waals surface area contributed by atoms with Crippen molar-refractivity contribution in [3.8, 4) is 0 Å². The number of nitrogens with zero attached hydrogens (tertiary/aromatic N) is 2. The first-order valence-electron chi connectivity index (χ1n) is 8.62. The van der Waals surface area contributed by atoms with Gasteiger partial charge in [0.25, 0.3) is 5.56 Å². The normalized spacial score (nSPS) is 16.9. The zero-order valence-corrected chi connectivity index (χ0v) is 15.3. The standard InChI is InChI=1S/C18H27FN2O4/c1-11(2)7-15(18(23)24)21-8-13(12(3)16(19)17(21)22)5-6-20-9-14(10-20)25-4/h8,11,14-15H,5-7,9-10H2,1-4H3,(H,23,24). The van der Waals surface area contributed by atoms with Gasteiger partial charge in [-0.3, -0.25) is 14.3 Å². The van der Waals surface area contributed by atoms with Gasteiger partial charge in [-0.05, 0) is 36.8 Å². The number of carboxylic acids is 1. The van der Waals surface area contributed by atoms with E-state index in [4.69, 9.17) is 4.74 Å². The lowest BCUT2D eigenvalue weighted by atomic mass is 10.0. The van der Waals surface area contributed by atoms with E-state index in [-0.39, 0.29) is 18.4 Å². The second-order valence-electron chi connectivity index (χ2n) is 7.16. The topological polar surface area (TPSA) is 71.8 Å². The van der Waals surface area contributed by atoms with Gasteiger partial charge in [0.1, 0.15) is 6.04 Å². The first kappa shape index (κ1) is 19.6. The number of rotatable bonds is 8. The van der Waals surface area contributed by atoms with Crippen LogP contribution in [0.4, 0.5) is 4.39 Å². The number of hydrogen-bond acceptors (Lipinski definition) is 4. The van der Waals surface area contributed by atoms with E-state index in [2.05, 4.69) is 4.90 Å². The number of carboxylic acid groups (broad SMARTS) is 1. The van der Waals surface area contributed by atoms with Crippen LogP contribution in [0, 0.1) is 18.7 Å². The Morgan fingerprint density at radius 2 is 2.08 bits per heavy atom. The summed E-state index contributed by atoms with van der Waals surface area (Å²) in [6.07, 6.45) is 2.61. The predicted molar refractivity (Wildman–Crippen MR) is 92.5 cm³/mol. The highest BCUT2D eigenvalue weighted by atomic mass is 19.1. The van der Waals surface area contributed by atoms with E-state index in [0.29, 0.717) is 17.5 Å². The SMILES string of the molecule is COC1CN(CCc2cn(C(CC(C)C)C(=O)O)c(=O)c(F)c2C)C1. The van der Waals surface area contributed by atoms with Crippen molar-refractivity contribution in [3.05, 3.63) is 33.5 Å². The summed E-state index contributed by atoms with van der Waals surface area (Å²) in [6, 6.07) is -1.05. The molecule has 1 atom stereocenters. The van der Waals surface area contributed by atoms with Crippen LogP contribution in [0.2, 0.25) is 0 Å². The molecule has 6 nitrogen and oxygen atoms in total. The summed E-state index contributed by atoms with van der Waals surface area (Å²) in [5.74, 6) is -1.89. The number of likely N-dealkylation sites (tertiary alicyclic amines) is 1. The van der Waals surface area contributed by atoms with Gasteiger partial charge in [0.15, 0.2) is 5.82 Å². The van der Waals surface area contributed by atoms with Crippen molar-refractivity contribution in [2.75, 3.05) is 26.7 Å². The number of methoxy groups -OCH3 is 1. The first-order valence-corrected chi connectivity index (χ1v) is 8.62. The third-order valence-electron chi connectivity index (χ3n) is 4.80. The lowest BCUT2D eigenvalue weighted by molar-refractivity contribution is -0.141. The van der Waals surface area contributed by atoms with E-state index in [9.17, 15) is 19.1 Å². The number of ether oxygens (including phenoxy) is 1. The van der Waals surface area contributed by atoms with Crippen LogP contribution < -0.4 is 5.56 Å². The minimum Gasteiger partial charge on any atom is -0.480 e. The molecule has 0 aromatic carbocycles. The Balaban J connectivity index is 2.24. The lowest BCUT2D eigenvalue weighted by Gasteiger charge is -2.38. The second-order valence-corrected chi connectivity index (χ2v) is 7.16. The Labute approximate surface area is 147 Å². The molecule has 25 heavy (non-hydrogen) atoms. The molecule has 1 aromatic rings. The van der Waals surface area contributed by atoms with E-state index >= 15 is 0 Å². The van der Waals surface area contributed by atoms with E-state index in [1.165, 1.54) is 6.20 Å². The smallest absolute Gasteiger partial charge is 0.326 e. The molecule has 1 N–H and O–H groups in total. The van der Waals surface area contributed by atoms with Crippen LogP contribution >= 0.6 is 0 Å². The fourth-order valence-electron chi connectivity index (χ4n) is 3.13. The molecule has 1 saturated heterocycles. The lowest BCUT2D eigenvalue weighted by Crippen LogP contribution is -2.52. The summed E-state index contributed by atoms with van der Waals surface area (Å²) in [5.41, 5.74) is 0.115. The molecule has 0 radical (unpaired) electrons. The predicted octanol–water partition coefficient (Wildman–Crippen LogP) is 1.84. The molecule has 7 heteroatoms. The summed E-state index contributed by atoms with van der Waals surface area (Å²) in [7, 11) is 1.68. The molecule has 2 heterocycles. The van der Waals surface area contributed by atoms with Crippen LogP contribution in [0.3, 0.4) is 0 Å². The fraction of sp³-hybridized carbons (Fsp3) is 0.667. The highest BCUT2D eigenvalue weighted by Gasteiger charge is 2.27. The number of aliphatic carboxylic acids is 1. The summed E-state index contributed by atoms with van der Waals surface area (Å²) < 4.78 is 20.7. The Bertz CT molecular complexity index is 680. The Hall–Kier alpha value is -1.73. The molecule has 0 amide bonds. The zero-order chi connectivity index (χ0) is 18.7. The molecule has 1 unspecified atom stereocenters. The van der Waals surface area contributed by atoms with E-state index in [0.717, 1.165) is 24.2 Å². The van der Waals surface area contributed by atoms with Crippen molar-refractivity contribution in [1.29, 1.82) is 0 Å². The molecule has 0 aliphatic carbocycles. The van der Waals surface area contributed by atoms with Crippen LogP contribution in [0.5, 0.6) is 0 Å². The van der Waals surface area contributed by atoms with Gasteiger partial charge in [-0.15, -0.1) is 0 Å². The Morgan fingerprint density at radius 1 is 1.44 bits per heavy atom. The van der Waals surface area contributed by atoms with Crippen LogP contribution in [0.15, 0.2) is 11.0 Å². The van der Waals surface area contributed by atoms with Gasteiger partial charge in [-0.25, -0.2) is 9.18 Å². The monoisotopic (exact) mass is 354 g/mol. The molecule has 140 valence electrons. The number of pyridine rings is 1. The van der Waals surface area contributed by atoms with Gasteiger partial charge in [0.2, 0.25) is 0 Å². The summed E-state index contributed by atoms with van der Waals surface area (Å²) in [4.78, 5) is 26.0. The van der Waals surface area contributed by atoms with Crippen LogP contribution in [0.25, 0.3) is 0 Å². The van der Waals surface area contributed by atoms with Crippen molar-refractivity contribution in [1.82, 2.24) is 9.47 Å². The minimum absolute atomic E-state index is 0.0767. The molecule has 0 bridgehead atoms. The molecule has 1 aliphatic rings. The Kier molecular flexibility index (Phi) is 6.35. The molecule has 0 saturated carbocycles. The minimum atomic E-state index is -1.12. The van der Waals surface area contributed by atoms with Gasteiger partial charge in [0.05, 0.1) is 6.10 Å². The molecule has 1 aliphatic heterocycles. The zero-order valence-electron chi connectivity index (χ0n) is 15.3. The van der Waals surface area contributed by atoms with Crippen LogP contribution in [-0.2, 0) is 16.0 Å². The maximum absolute atomic E-state index is 14.4. The highest BCUT2D eigenvalue weighted by Crippen LogP contribution is 2.20. The average Bonchev–Trinajstić information content (AvgIpc) is 2.51. The number of halogens is 1. The summed E-state index contributed by atoms with van der Waals surface area (Å²) in [5, 5.41) is 9.47. The molecule has 1 aromatic heterocycles. The van der Waals surface area contributed by atoms with Crippen LogP contribution in [-0.4, -0.2) is 53.4 Å². The van der Waals surface area contributed by atoms with Crippen molar-refractivity contribution in [3.63, 3.8) is 0 Å². The van der Waals surface area contributed by atoms with Gasteiger partial charge in [-0.2, -0.15) is 0 Å². The van der Waals surface area contributed by atoms with E-state index < -0.39 is 23.4 Å². The van der Waals surface area contributed by atoms with Gasteiger partial charge in [0, 0.05) is 32.9 Å². The molecule has 0 spiro atoms. The second kappa shape index (κ2) is 8.10. The summed E-state index contributed by atoms with van der Waals surface area (Å²) in [6.45, 7) is 7.72. The number of carbonyl (C=O) groups is 1. The average molecular weight is 354 g/mol.